The molecule has 5 nitrogen and oxygen atoms in total. The molecule has 1 aromatic rings. The molecule has 0 fully saturated rings. The normalized spacial score (nSPS) is 12.9. The molecule has 184 valence electrons. The van der Waals surface area contributed by atoms with Gasteiger partial charge in [0, 0.05) is 36.7 Å². The highest BCUT2D eigenvalue weighted by Gasteiger charge is 2.24. The van der Waals surface area contributed by atoms with Gasteiger partial charge in [-0.2, -0.15) is 0 Å². The molecule has 34 heavy (non-hydrogen) atoms. The predicted molar refractivity (Wildman–Crippen MR) is 144 cm³/mol. The molecule has 0 spiro atoms. The van der Waals surface area contributed by atoms with Crippen LogP contribution in [0.4, 0.5) is 0 Å². The van der Waals surface area contributed by atoms with Gasteiger partial charge in [-0.3, -0.25) is 9.59 Å². The minimum Gasteiger partial charge on any atom is -0.371 e. The van der Waals surface area contributed by atoms with Gasteiger partial charge >= 0.3 is 0 Å². The Morgan fingerprint density at radius 2 is 2.00 bits per heavy atom. The second-order valence-electron chi connectivity index (χ2n) is 7.34. The molecule has 2 amide bonds. The van der Waals surface area contributed by atoms with Crippen LogP contribution < -0.4 is 5.32 Å². The molecule has 1 rings (SSSR count). The molecule has 0 aliphatic carbocycles. The van der Waals surface area contributed by atoms with Crippen LogP contribution in [0.2, 0.25) is 0 Å². The number of thioether (sulfide) groups is 1. The van der Waals surface area contributed by atoms with Crippen LogP contribution in [0.25, 0.3) is 0 Å². The first-order chi connectivity index (χ1) is 16.4. The summed E-state index contributed by atoms with van der Waals surface area (Å²) >= 11 is 7.60. The van der Waals surface area contributed by atoms with E-state index in [2.05, 4.69) is 18.5 Å². The molecule has 1 atom stereocenters. The van der Waals surface area contributed by atoms with Gasteiger partial charge in [-0.25, -0.2) is 0 Å². The van der Waals surface area contributed by atoms with Crippen LogP contribution in [-0.2, 0) is 20.9 Å². The van der Waals surface area contributed by atoms with E-state index in [0.29, 0.717) is 24.5 Å². The molecule has 0 aliphatic rings. The van der Waals surface area contributed by atoms with Crippen molar-refractivity contribution in [3.05, 3.63) is 94.3 Å². The van der Waals surface area contributed by atoms with E-state index >= 15 is 0 Å². The number of carbonyl (C=O) groups excluding carboxylic acids is 2. The lowest BCUT2D eigenvalue weighted by Gasteiger charge is -2.23. The van der Waals surface area contributed by atoms with Gasteiger partial charge in [0.1, 0.15) is 6.10 Å². The second-order valence-corrected chi connectivity index (χ2v) is 8.83. The lowest BCUT2D eigenvalue weighted by molar-refractivity contribution is -0.141. The number of amides is 2. The molecule has 0 saturated carbocycles. The topological polar surface area (TPSA) is 58.6 Å². The van der Waals surface area contributed by atoms with Crippen molar-refractivity contribution in [3.63, 3.8) is 0 Å². The van der Waals surface area contributed by atoms with E-state index in [1.165, 1.54) is 18.9 Å². The van der Waals surface area contributed by atoms with Crippen LogP contribution in [0.5, 0.6) is 0 Å². The summed E-state index contributed by atoms with van der Waals surface area (Å²) in [5.74, 6) is -0.471. The molecule has 0 radical (unpaired) electrons. The van der Waals surface area contributed by atoms with Crippen molar-refractivity contribution in [3.8, 4) is 0 Å². The number of halogens is 1. The highest BCUT2D eigenvalue weighted by molar-refractivity contribution is 8.05. The Morgan fingerprint density at radius 1 is 1.29 bits per heavy atom. The quantitative estimate of drug-likeness (QED) is 0.300. The van der Waals surface area contributed by atoms with Gasteiger partial charge in [0.25, 0.3) is 0 Å². The van der Waals surface area contributed by atoms with Gasteiger partial charge in [-0.05, 0) is 36.8 Å². The summed E-state index contributed by atoms with van der Waals surface area (Å²) in [6.07, 6.45) is 7.17. The van der Waals surface area contributed by atoms with Crippen LogP contribution >= 0.6 is 23.4 Å². The summed E-state index contributed by atoms with van der Waals surface area (Å²) in [5.41, 5.74) is 2.01. The molecular weight excluding hydrogens is 468 g/mol. The smallest absolute Gasteiger partial charge is 0.249 e. The Kier molecular flexibility index (Phi) is 14.7. The lowest BCUT2D eigenvalue weighted by Crippen LogP contribution is -2.41. The average molecular weight is 503 g/mol. The second kappa shape index (κ2) is 17.0. The number of hydrogen-bond acceptors (Lipinski definition) is 4. The standard InChI is InChI=1S/C27H35ClN2O3S/c1-6-13-23(24(28)7-2)16-12-17-34-21(4)19-29-27(32)25(33-5)18-26(31)30(8-3)20-22-14-10-9-11-15-22/h6-7,9-15,17,25H,1,4,8,16,18-20H2,2-3,5H3,(H,29,32)/b17-12+,23-13-,24-7+/t25-/m1/s1. The number of methoxy groups -OCH3 is 1. The first-order valence-corrected chi connectivity index (χ1v) is 12.4. The summed E-state index contributed by atoms with van der Waals surface area (Å²) in [4.78, 5) is 27.8. The number of nitrogens with zero attached hydrogens (tertiary/aromatic N) is 1. The Bertz CT molecular complexity index is 910. The minimum atomic E-state index is -0.861. The first kappa shape index (κ1) is 29.5. The van der Waals surface area contributed by atoms with Crippen molar-refractivity contribution in [1.82, 2.24) is 10.2 Å². The van der Waals surface area contributed by atoms with Crippen LogP contribution in [0.15, 0.2) is 88.7 Å². The summed E-state index contributed by atoms with van der Waals surface area (Å²) in [6, 6.07) is 9.76. The Hall–Kier alpha value is -2.54. The van der Waals surface area contributed by atoms with Gasteiger partial charge in [-0.1, -0.05) is 79.4 Å². The summed E-state index contributed by atoms with van der Waals surface area (Å²) < 4.78 is 5.30. The Labute approximate surface area is 213 Å². The highest BCUT2D eigenvalue weighted by Crippen LogP contribution is 2.21. The maximum atomic E-state index is 12.7. The predicted octanol–water partition coefficient (Wildman–Crippen LogP) is 5.96. The largest absolute Gasteiger partial charge is 0.371 e. The first-order valence-electron chi connectivity index (χ1n) is 11.1. The van der Waals surface area contributed by atoms with E-state index in [0.717, 1.165) is 16.0 Å². The molecule has 0 bridgehead atoms. The summed E-state index contributed by atoms with van der Waals surface area (Å²) in [5, 5.41) is 5.39. The van der Waals surface area contributed by atoms with Crippen molar-refractivity contribution in [2.24, 2.45) is 0 Å². The van der Waals surface area contributed by atoms with E-state index in [1.807, 2.05) is 67.8 Å². The fourth-order valence-corrected chi connectivity index (χ4v) is 3.66. The van der Waals surface area contributed by atoms with Gasteiger partial charge in [0.15, 0.2) is 0 Å². The van der Waals surface area contributed by atoms with Crippen molar-refractivity contribution in [2.45, 2.75) is 39.3 Å². The monoisotopic (exact) mass is 502 g/mol. The van der Waals surface area contributed by atoms with E-state index < -0.39 is 6.10 Å². The lowest BCUT2D eigenvalue weighted by atomic mass is 10.1. The third-order valence-electron chi connectivity index (χ3n) is 4.90. The zero-order chi connectivity index (χ0) is 25.3. The van der Waals surface area contributed by atoms with E-state index in [-0.39, 0.29) is 24.8 Å². The molecule has 7 heteroatoms. The number of carbonyl (C=O) groups is 2. The van der Waals surface area contributed by atoms with E-state index in [9.17, 15) is 9.59 Å². The van der Waals surface area contributed by atoms with Gasteiger partial charge in [-0.15, -0.1) is 11.8 Å². The SMILES string of the molecule is C=C/C=C(C/C=C/SC(=C)CNC(=O)[C@@H](CC(=O)N(CC)Cc1ccccc1)OC)\C(Cl)=C/C. The number of nitrogens with one attached hydrogen (secondary N) is 1. The van der Waals surface area contributed by atoms with Crippen molar-refractivity contribution in [2.75, 3.05) is 20.2 Å². The minimum absolute atomic E-state index is 0.0212. The fourth-order valence-electron chi connectivity index (χ4n) is 2.98. The van der Waals surface area contributed by atoms with Crippen LogP contribution in [0.3, 0.4) is 0 Å². The van der Waals surface area contributed by atoms with E-state index in [1.54, 1.807) is 11.0 Å². The molecule has 0 unspecified atom stereocenters. The number of benzene rings is 1. The summed E-state index contributed by atoms with van der Waals surface area (Å²) in [7, 11) is 1.43. The number of ether oxygens (including phenoxy) is 1. The van der Waals surface area contributed by atoms with Crippen molar-refractivity contribution >= 4 is 35.2 Å². The maximum Gasteiger partial charge on any atom is 0.249 e. The maximum absolute atomic E-state index is 12.7. The molecular formula is C27H35ClN2O3S. The molecule has 0 heterocycles. The molecule has 1 N–H and O–H groups in total. The Balaban J connectivity index is 2.52. The van der Waals surface area contributed by atoms with Crippen LogP contribution in [0.1, 0.15) is 32.3 Å². The van der Waals surface area contributed by atoms with Crippen molar-refractivity contribution < 1.29 is 14.3 Å². The molecule has 1 aromatic carbocycles. The number of hydrogen-bond donors (Lipinski definition) is 1. The third-order valence-corrected chi connectivity index (χ3v) is 6.16. The van der Waals surface area contributed by atoms with Crippen LogP contribution in [-0.4, -0.2) is 43.0 Å². The number of rotatable bonds is 15. The summed E-state index contributed by atoms with van der Waals surface area (Å²) in [6.45, 7) is 12.8. The van der Waals surface area contributed by atoms with Crippen LogP contribution in [0, 0.1) is 0 Å². The van der Waals surface area contributed by atoms with E-state index in [4.69, 9.17) is 16.3 Å². The highest BCUT2D eigenvalue weighted by atomic mass is 35.5. The average Bonchev–Trinajstić information content (AvgIpc) is 2.86. The number of allylic oxidation sites excluding steroid dienone is 6. The van der Waals surface area contributed by atoms with Gasteiger partial charge in [0.05, 0.1) is 6.42 Å². The Morgan fingerprint density at radius 3 is 2.59 bits per heavy atom. The fraction of sp³-hybridized carbons (Fsp3) is 0.333. The van der Waals surface area contributed by atoms with Gasteiger partial charge in [0.2, 0.25) is 11.8 Å². The third kappa shape index (κ3) is 11.1. The molecule has 0 saturated heterocycles. The molecule has 0 aromatic heterocycles. The van der Waals surface area contributed by atoms with Gasteiger partial charge < -0.3 is 15.0 Å². The zero-order valence-corrected chi connectivity index (χ0v) is 21.8. The van der Waals surface area contributed by atoms with Crippen molar-refractivity contribution in [1.29, 1.82) is 0 Å². The zero-order valence-electron chi connectivity index (χ0n) is 20.3. The molecule has 0 aliphatic heterocycles.